The Hall–Kier alpha value is -2.14. The molecule has 0 spiro atoms. The van der Waals surface area contributed by atoms with Crippen LogP contribution in [-0.2, 0) is 24.3 Å². The Kier molecular flexibility index (Phi) is 6.63. The van der Waals surface area contributed by atoms with Crippen LogP contribution in [0, 0.1) is 17.7 Å². The van der Waals surface area contributed by atoms with E-state index in [9.17, 15) is 4.39 Å². The standard InChI is InChI=1S/C27H29ClFNO2/c28-26-7-3-6-22(27(26)29)18-32-24-9-8-19-10-12-30(17-23(19)15-24)16-21-5-2-1-4-20(21)14-25-11-13-31-25/h1-9,15,20-21,25H,10-14,16-18H2/t20-,21?,25?/m1/s1. The van der Waals surface area contributed by atoms with Gasteiger partial charge in [0.2, 0.25) is 0 Å². The highest BCUT2D eigenvalue weighted by molar-refractivity contribution is 6.30. The van der Waals surface area contributed by atoms with Gasteiger partial charge in [0, 0.05) is 31.8 Å². The first-order valence-electron chi connectivity index (χ1n) is 11.5. The molecule has 2 aromatic rings. The van der Waals surface area contributed by atoms with Gasteiger partial charge in [0.25, 0.3) is 0 Å². The van der Waals surface area contributed by atoms with Gasteiger partial charge in [-0.15, -0.1) is 0 Å². The number of benzene rings is 2. The third-order valence-corrected chi connectivity index (χ3v) is 7.16. The molecule has 2 heterocycles. The zero-order chi connectivity index (χ0) is 21.9. The highest BCUT2D eigenvalue weighted by atomic mass is 35.5. The van der Waals surface area contributed by atoms with Gasteiger partial charge in [-0.3, -0.25) is 4.90 Å². The summed E-state index contributed by atoms with van der Waals surface area (Å²) in [5.74, 6) is 1.44. The van der Waals surface area contributed by atoms with E-state index in [1.807, 2.05) is 6.07 Å². The van der Waals surface area contributed by atoms with E-state index in [1.54, 1.807) is 18.2 Å². The predicted molar refractivity (Wildman–Crippen MR) is 125 cm³/mol. The molecule has 0 radical (unpaired) electrons. The summed E-state index contributed by atoms with van der Waals surface area (Å²) in [5, 5.41) is 0.126. The fraction of sp³-hybridized carbons (Fsp3) is 0.407. The minimum Gasteiger partial charge on any atom is -0.489 e. The van der Waals surface area contributed by atoms with Gasteiger partial charge in [-0.25, -0.2) is 4.39 Å². The second kappa shape index (κ2) is 9.78. The highest BCUT2D eigenvalue weighted by Crippen LogP contribution is 2.32. The van der Waals surface area contributed by atoms with Gasteiger partial charge >= 0.3 is 0 Å². The van der Waals surface area contributed by atoms with E-state index in [4.69, 9.17) is 21.1 Å². The summed E-state index contributed by atoms with van der Waals surface area (Å²) in [4.78, 5) is 2.55. The smallest absolute Gasteiger partial charge is 0.148 e. The van der Waals surface area contributed by atoms with Crippen molar-refractivity contribution in [1.82, 2.24) is 4.90 Å². The molecule has 2 aromatic carbocycles. The van der Waals surface area contributed by atoms with Crippen LogP contribution in [0.1, 0.15) is 29.5 Å². The van der Waals surface area contributed by atoms with Crippen molar-refractivity contribution in [3.63, 3.8) is 0 Å². The van der Waals surface area contributed by atoms with Crippen LogP contribution in [0.15, 0.2) is 60.7 Å². The number of ether oxygens (including phenoxy) is 2. The van der Waals surface area contributed by atoms with Gasteiger partial charge < -0.3 is 9.47 Å². The summed E-state index contributed by atoms with van der Waals surface area (Å²) >= 11 is 5.88. The van der Waals surface area contributed by atoms with Gasteiger partial charge in [-0.1, -0.05) is 54.1 Å². The Bertz CT molecular complexity index is 1020. The van der Waals surface area contributed by atoms with Crippen molar-refractivity contribution in [2.24, 2.45) is 11.8 Å². The predicted octanol–water partition coefficient (Wildman–Crippen LogP) is 5.95. The third kappa shape index (κ3) is 4.93. The largest absolute Gasteiger partial charge is 0.489 e. The quantitative estimate of drug-likeness (QED) is 0.516. The zero-order valence-corrected chi connectivity index (χ0v) is 18.9. The highest BCUT2D eigenvalue weighted by Gasteiger charge is 2.28. The fourth-order valence-corrected chi connectivity index (χ4v) is 5.07. The van der Waals surface area contributed by atoms with Crippen LogP contribution < -0.4 is 4.74 Å². The Balaban J connectivity index is 1.21. The van der Waals surface area contributed by atoms with E-state index in [0.717, 1.165) is 44.8 Å². The molecule has 0 bridgehead atoms. The second-order valence-electron chi connectivity index (χ2n) is 9.03. The maximum atomic E-state index is 14.2. The van der Waals surface area contributed by atoms with Crippen molar-refractivity contribution in [2.75, 3.05) is 19.7 Å². The second-order valence-corrected chi connectivity index (χ2v) is 9.44. The van der Waals surface area contributed by atoms with Crippen LogP contribution in [0.25, 0.3) is 0 Å². The first kappa shape index (κ1) is 21.7. The number of nitrogens with zero attached hydrogens (tertiary/aromatic N) is 1. The van der Waals surface area contributed by atoms with E-state index < -0.39 is 5.82 Å². The van der Waals surface area contributed by atoms with Gasteiger partial charge in [0.15, 0.2) is 0 Å². The average molecular weight is 454 g/mol. The van der Waals surface area contributed by atoms with Crippen LogP contribution in [0.3, 0.4) is 0 Å². The van der Waals surface area contributed by atoms with Gasteiger partial charge in [-0.05, 0) is 60.4 Å². The van der Waals surface area contributed by atoms with Gasteiger partial charge in [0.1, 0.15) is 18.2 Å². The minimum atomic E-state index is -0.408. The molecule has 0 amide bonds. The lowest BCUT2D eigenvalue weighted by Gasteiger charge is -2.36. The molecule has 2 unspecified atom stereocenters. The number of allylic oxidation sites excluding steroid dienone is 3. The summed E-state index contributed by atoms with van der Waals surface area (Å²) in [7, 11) is 0. The number of halogens is 2. The fourth-order valence-electron chi connectivity index (χ4n) is 4.88. The van der Waals surface area contributed by atoms with Gasteiger partial charge in [-0.2, -0.15) is 0 Å². The molecule has 32 heavy (non-hydrogen) atoms. The lowest BCUT2D eigenvalue weighted by atomic mass is 9.82. The first-order chi connectivity index (χ1) is 15.7. The number of rotatable bonds is 7. The molecule has 3 nitrogen and oxygen atoms in total. The van der Waals surface area contributed by atoms with Crippen LogP contribution >= 0.6 is 11.6 Å². The van der Waals surface area contributed by atoms with E-state index >= 15 is 0 Å². The zero-order valence-electron chi connectivity index (χ0n) is 18.2. The topological polar surface area (TPSA) is 21.7 Å². The van der Waals surface area contributed by atoms with Crippen molar-refractivity contribution in [1.29, 1.82) is 0 Å². The molecule has 5 rings (SSSR count). The van der Waals surface area contributed by atoms with Crippen molar-refractivity contribution in [2.45, 2.75) is 38.5 Å². The number of fused-ring (bicyclic) bond motifs is 1. The molecule has 3 aliphatic rings. The number of hydrogen-bond acceptors (Lipinski definition) is 3. The normalized spacial score (nSPS) is 24.8. The van der Waals surface area contributed by atoms with E-state index in [0.29, 0.717) is 23.5 Å². The summed E-state index contributed by atoms with van der Waals surface area (Å²) < 4.78 is 25.7. The first-order valence-corrected chi connectivity index (χ1v) is 11.9. The summed E-state index contributed by atoms with van der Waals surface area (Å²) in [5.41, 5.74) is 3.14. The minimum absolute atomic E-state index is 0.126. The summed E-state index contributed by atoms with van der Waals surface area (Å²) in [6.45, 7) is 4.12. The molecular formula is C27H29ClFNO2. The van der Waals surface area contributed by atoms with E-state index in [-0.39, 0.29) is 11.6 Å². The molecule has 0 N–H and O–H groups in total. The lowest BCUT2D eigenvalue weighted by Crippen LogP contribution is -2.38. The SMILES string of the molecule is Fc1c(Cl)cccc1COc1ccc2c(c1)CN(CC1C=CC=C[C@@H]1CC1CCO1)CC2. The van der Waals surface area contributed by atoms with Crippen LogP contribution in [0.5, 0.6) is 5.75 Å². The Morgan fingerprint density at radius 2 is 1.94 bits per heavy atom. The van der Waals surface area contributed by atoms with E-state index in [2.05, 4.69) is 41.3 Å². The Morgan fingerprint density at radius 3 is 2.75 bits per heavy atom. The van der Waals surface area contributed by atoms with Crippen molar-refractivity contribution in [3.8, 4) is 5.75 Å². The molecule has 1 aliphatic carbocycles. The molecular weight excluding hydrogens is 425 g/mol. The molecule has 0 saturated carbocycles. The van der Waals surface area contributed by atoms with Crippen LogP contribution in [0.2, 0.25) is 5.02 Å². The van der Waals surface area contributed by atoms with Gasteiger partial charge in [0.05, 0.1) is 11.1 Å². The maximum Gasteiger partial charge on any atom is 0.148 e. The summed E-state index contributed by atoms with van der Waals surface area (Å²) in [6.07, 6.45) is 12.9. The monoisotopic (exact) mass is 453 g/mol. The van der Waals surface area contributed by atoms with Crippen molar-refractivity contribution in [3.05, 3.63) is 88.2 Å². The Morgan fingerprint density at radius 1 is 1.09 bits per heavy atom. The molecule has 5 heteroatoms. The molecule has 1 fully saturated rings. The van der Waals surface area contributed by atoms with Crippen molar-refractivity contribution < 1.29 is 13.9 Å². The Labute approximate surface area is 194 Å². The number of hydrogen-bond donors (Lipinski definition) is 0. The average Bonchev–Trinajstić information content (AvgIpc) is 2.78. The molecule has 168 valence electrons. The van der Waals surface area contributed by atoms with Crippen molar-refractivity contribution >= 4 is 11.6 Å². The molecule has 2 aliphatic heterocycles. The molecule has 1 saturated heterocycles. The van der Waals surface area contributed by atoms with E-state index in [1.165, 1.54) is 17.5 Å². The maximum absolute atomic E-state index is 14.2. The van der Waals surface area contributed by atoms with Crippen LogP contribution in [-0.4, -0.2) is 30.7 Å². The molecule has 0 aromatic heterocycles. The molecule has 3 atom stereocenters. The summed E-state index contributed by atoms with van der Waals surface area (Å²) in [6, 6.07) is 11.2. The van der Waals surface area contributed by atoms with Crippen LogP contribution in [0.4, 0.5) is 4.39 Å². The lowest BCUT2D eigenvalue weighted by molar-refractivity contribution is -0.0628. The third-order valence-electron chi connectivity index (χ3n) is 6.87.